The minimum atomic E-state index is -2.31. The molecule has 1 heterocycles. The molecule has 2 amide bonds. The Kier molecular flexibility index (Phi) is 8.46. The van der Waals surface area contributed by atoms with Crippen LogP contribution in [0.1, 0.15) is 40.5 Å². The summed E-state index contributed by atoms with van der Waals surface area (Å²) in [7, 11) is 0. The third kappa shape index (κ3) is 7.09. The highest BCUT2D eigenvalue weighted by Crippen LogP contribution is 2.18. The summed E-state index contributed by atoms with van der Waals surface area (Å²) in [5.41, 5.74) is 0. The summed E-state index contributed by atoms with van der Waals surface area (Å²) in [6, 6.07) is -0.841. The van der Waals surface area contributed by atoms with Gasteiger partial charge < -0.3 is 15.7 Å². The molecule has 0 aromatic rings. The number of nitrogens with one attached hydrogen (secondary N) is 2. The van der Waals surface area contributed by atoms with Crippen LogP contribution < -0.4 is 10.6 Å². The van der Waals surface area contributed by atoms with Crippen LogP contribution >= 0.6 is 0 Å². The normalized spacial score (nSPS) is 24.3. The smallest absolute Gasteiger partial charge is 0.337 e. The van der Waals surface area contributed by atoms with Gasteiger partial charge in [-0.2, -0.15) is 4.21 Å². The number of amides is 2. The minimum Gasteiger partial charge on any atom is -0.479 e. The molecule has 1 rings (SSSR count). The summed E-state index contributed by atoms with van der Waals surface area (Å²) < 4.78 is 20.5. The lowest BCUT2D eigenvalue weighted by molar-refractivity contribution is -0.150. The number of aliphatic carboxylic acids is 1. The summed E-state index contributed by atoms with van der Waals surface area (Å²) in [4.78, 5) is 35.7. The van der Waals surface area contributed by atoms with E-state index in [2.05, 4.69) is 14.8 Å². The van der Waals surface area contributed by atoms with Gasteiger partial charge in [0.1, 0.15) is 6.04 Å². The van der Waals surface area contributed by atoms with Gasteiger partial charge in [-0.15, -0.1) is 0 Å². The second-order valence-electron chi connectivity index (χ2n) is 6.74. The molecule has 0 saturated carbocycles. The van der Waals surface area contributed by atoms with Gasteiger partial charge in [-0.3, -0.25) is 13.8 Å². The molecule has 3 N–H and O–H groups in total. The van der Waals surface area contributed by atoms with E-state index < -0.39 is 41.5 Å². The maximum atomic E-state index is 12.3. The summed E-state index contributed by atoms with van der Waals surface area (Å²) in [6.07, 6.45) is -2.08. The monoisotopic (exact) mass is 378 g/mol. The molecule has 0 aliphatic carbocycles. The lowest BCUT2D eigenvalue weighted by Crippen LogP contribution is -2.53. The van der Waals surface area contributed by atoms with Gasteiger partial charge in [-0.25, -0.2) is 8.98 Å². The van der Waals surface area contributed by atoms with Crippen molar-refractivity contribution in [1.82, 2.24) is 10.6 Å². The molecule has 0 bridgehead atoms. The predicted molar refractivity (Wildman–Crippen MR) is 89.4 cm³/mol. The zero-order valence-corrected chi connectivity index (χ0v) is 15.6. The first-order valence-electron chi connectivity index (χ1n) is 8.18. The number of carboxylic acids is 1. The molecule has 0 radical (unpaired) electrons. The first-order valence-corrected chi connectivity index (χ1v) is 9.18. The van der Waals surface area contributed by atoms with Crippen LogP contribution in [0.2, 0.25) is 0 Å². The van der Waals surface area contributed by atoms with Crippen molar-refractivity contribution in [2.75, 3.05) is 6.54 Å². The fraction of sp³-hybridized carbons (Fsp3) is 0.800. The van der Waals surface area contributed by atoms with Crippen molar-refractivity contribution in [3.8, 4) is 0 Å². The Balaban J connectivity index is 2.73. The lowest BCUT2D eigenvalue weighted by Gasteiger charge is -2.22. The molecule has 0 aromatic heterocycles. The van der Waals surface area contributed by atoms with Crippen molar-refractivity contribution in [1.29, 1.82) is 0 Å². The quantitative estimate of drug-likeness (QED) is 0.519. The van der Waals surface area contributed by atoms with E-state index >= 15 is 0 Å². The zero-order chi connectivity index (χ0) is 19.1. The number of carbonyl (C=O) groups is 3. The highest BCUT2D eigenvalue weighted by Gasteiger charge is 2.46. The highest BCUT2D eigenvalue weighted by molar-refractivity contribution is 7.75. The molecule has 25 heavy (non-hydrogen) atoms. The maximum Gasteiger partial charge on any atom is 0.337 e. The predicted octanol–water partition coefficient (Wildman–Crippen LogP) is 0.127. The third-order valence-corrected chi connectivity index (χ3v) is 4.23. The highest BCUT2D eigenvalue weighted by atomic mass is 32.2. The summed E-state index contributed by atoms with van der Waals surface area (Å²) in [6.45, 7) is 8.33. The van der Waals surface area contributed by atoms with E-state index in [9.17, 15) is 18.6 Å². The molecule has 9 nitrogen and oxygen atoms in total. The molecular weight excluding hydrogens is 352 g/mol. The molecule has 10 heteroatoms. The van der Waals surface area contributed by atoms with Crippen LogP contribution in [0.4, 0.5) is 0 Å². The van der Waals surface area contributed by atoms with Crippen LogP contribution in [0.15, 0.2) is 0 Å². The average molecular weight is 378 g/mol. The molecule has 1 fully saturated rings. The number of rotatable bonds is 9. The van der Waals surface area contributed by atoms with E-state index in [4.69, 9.17) is 9.29 Å². The molecule has 1 saturated heterocycles. The van der Waals surface area contributed by atoms with Crippen molar-refractivity contribution < 1.29 is 32.1 Å². The van der Waals surface area contributed by atoms with E-state index in [0.717, 1.165) is 6.42 Å². The molecule has 4 atom stereocenters. The Hall–Kier alpha value is -1.52. The fourth-order valence-electron chi connectivity index (χ4n) is 2.21. The molecule has 144 valence electrons. The number of hydrogen-bond donors (Lipinski definition) is 3. The Labute approximate surface area is 149 Å². The Morgan fingerprint density at radius 1 is 1.08 bits per heavy atom. The fourth-order valence-corrected chi connectivity index (χ4v) is 2.96. The first-order chi connectivity index (χ1) is 11.6. The van der Waals surface area contributed by atoms with E-state index in [0.29, 0.717) is 18.9 Å². The minimum absolute atomic E-state index is 0.117. The number of carbonyl (C=O) groups excluding carboxylic acids is 2. The molecular formula is C15H26N2O7S. The van der Waals surface area contributed by atoms with Crippen molar-refractivity contribution in [2.24, 2.45) is 11.8 Å². The van der Waals surface area contributed by atoms with Gasteiger partial charge in [-0.05, 0) is 24.7 Å². The molecule has 1 aliphatic rings. The third-order valence-electron chi connectivity index (χ3n) is 3.50. The SMILES string of the molecule is CC(C)CCNC(=O)[C@H](CC(C)C)NC(=O)[C@H]1OS(=O)O[C@@H]1C(=O)O. The first kappa shape index (κ1) is 21.5. The van der Waals surface area contributed by atoms with Crippen LogP contribution in [0.25, 0.3) is 0 Å². The van der Waals surface area contributed by atoms with E-state index in [1.165, 1.54) is 0 Å². The summed E-state index contributed by atoms with van der Waals surface area (Å²) >= 11 is -2.31. The molecule has 1 aliphatic heterocycles. The second kappa shape index (κ2) is 9.83. The Bertz CT molecular complexity index is 524. The van der Waals surface area contributed by atoms with Crippen LogP contribution in [0, 0.1) is 11.8 Å². The van der Waals surface area contributed by atoms with Gasteiger partial charge in [0.2, 0.25) is 12.0 Å². The van der Waals surface area contributed by atoms with Crippen molar-refractivity contribution in [3.63, 3.8) is 0 Å². The van der Waals surface area contributed by atoms with Crippen LogP contribution in [0.5, 0.6) is 0 Å². The van der Waals surface area contributed by atoms with Gasteiger partial charge in [-0.1, -0.05) is 27.7 Å². The summed E-state index contributed by atoms with van der Waals surface area (Å²) in [5.74, 6) is -2.12. The maximum absolute atomic E-state index is 12.3. The largest absolute Gasteiger partial charge is 0.479 e. The molecule has 0 spiro atoms. The van der Waals surface area contributed by atoms with Gasteiger partial charge in [0.25, 0.3) is 5.91 Å². The van der Waals surface area contributed by atoms with Crippen LogP contribution in [0.3, 0.4) is 0 Å². The van der Waals surface area contributed by atoms with Crippen molar-refractivity contribution >= 4 is 29.1 Å². The Morgan fingerprint density at radius 2 is 1.68 bits per heavy atom. The van der Waals surface area contributed by atoms with Gasteiger partial charge in [0.15, 0.2) is 6.10 Å². The van der Waals surface area contributed by atoms with Crippen molar-refractivity contribution in [2.45, 2.75) is 58.8 Å². The lowest BCUT2D eigenvalue weighted by atomic mass is 10.0. The number of hydrogen-bond acceptors (Lipinski definition) is 6. The van der Waals surface area contributed by atoms with Crippen molar-refractivity contribution in [3.05, 3.63) is 0 Å². The van der Waals surface area contributed by atoms with E-state index in [-0.39, 0.29) is 11.8 Å². The summed E-state index contributed by atoms with van der Waals surface area (Å²) in [5, 5.41) is 14.2. The molecule has 1 unspecified atom stereocenters. The zero-order valence-electron chi connectivity index (χ0n) is 14.8. The average Bonchev–Trinajstić information content (AvgIpc) is 2.88. The van der Waals surface area contributed by atoms with Crippen LogP contribution in [-0.4, -0.2) is 51.9 Å². The van der Waals surface area contributed by atoms with E-state index in [1.54, 1.807) is 0 Å². The number of carboxylic acid groups (broad SMARTS) is 1. The Morgan fingerprint density at radius 3 is 2.20 bits per heavy atom. The standard InChI is InChI=1S/C15H26N2O7S/c1-8(2)5-6-16-13(18)10(7-9(3)4)17-14(19)11-12(15(20)21)24-25(22)23-11/h8-12H,5-7H2,1-4H3,(H,16,18)(H,17,19)(H,20,21)/t10-,11-,12-,25?/m0/s1. The second-order valence-corrected chi connectivity index (χ2v) is 7.53. The van der Waals surface area contributed by atoms with Crippen LogP contribution in [-0.2, 0) is 34.1 Å². The topological polar surface area (TPSA) is 131 Å². The van der Waals surface area contributed by atoms with Gasteiger partial charge >= 0.3 is 17.3 Å². The van der Waals surface area contributed by atoms with Gasteiger partial charge in [0, 0.05) is 6.54 Å². The van der Waals surface area contributed by atoms with Gasteiger partial charge in [0.05, 0.1) is 0 Å². The van der Waals surface area contributed by atoms with E-state index in [1.807, 2.05) is 27.7 Å². The molecule has 0 aromatic carbocycles.